The summed E-state index contributed by atoms with van der Waals surface area (Å²) in [6, 6.07) is 10.8. The van der Waals surface area contributed by atoms with Gasteiger partial charge in [-0.25, -0.2) is 4.21 Å². The van der Waals surface area contributed by atoms with E-state index in [4.69, 9.17) is 0 Å². The second kappa shape index (κ2) is 4.59. The van der Waals surface area contributed by atoms with Gasteiger partial charge in [-0.3, -0.25) is 5.11 Å². The summed E-state index contributed by atoms with van der Waals surface area (Å²) in [6.07, 6.45) is 0. The lowest BCUT2D eigenvalue weighted by Crippen LogP contribution is -1.93. The molecule has 2 aromatic rings. The Balaban J connectivity index is 2.43. The topological polar surface area (TPSA) is 57.2 Å². The van der Waals surface area contributed by atoms with E-state index in [1.54, 1.807) is 12.1 Å². The number of aromatic hydroxyl groups is 1. The lowest BCUT2D eigenvalue weighted by atomic mass is 10.2. The molecule has 0 saturated carbocycles. The smallest absolute Gasteiger partial charge is 0.180 e. The molecule has 0 aliphatic heterocycles. The number of hydrogen-bond donors (Lipinski definition) is 1. The first kappa shape index (κ1) is 11.7. The van der Waals surface area contributed by atoms with Crippen molar-refractivity contribution in [2.75, 3.05) is 0 Å². The van der Waals surface area contributed by atoms with Gasteiger partial charge in [-0.05, 0) is 31.2 Å². The summed E-state index contributed by atoms with van der Waals surface area (Å²) in [5.41, 5.74) is 1.06. The van der Waals surface area contributed by atoms with Gasteiger partial charge in [0.05, 0.1) is 15.7 Å². The summed E-state index contributed by atoms with van der Waals surface area (Å²) in [5.74, 6) is -0.387. The average Bonchev–Trinajstić information content (AvgIpc) is 2.32. The number of hydrogen-bond acceptors (Lipinski definition) is 2. The van der Waals surface area contributed by atoms with Crippen LogP contribution in [-0.4, -0.2) is 9.32 Å². The Labute approximate surface area is 102 Å². The van der Waals surface area contributed by atoms with Crippen molar-refractivity contribution >= 4 is 10.8 Å². The Bertz CT molecular complexity index is 561. The Hall–Kier alpha value is -1.81. The van der Waals surface area contributed by atoms with E-state index in [1.807, 2.05) is 19.1 Å². The van der Waals surface area contributed by atoms with Gasteiger partial charge in [0.1, 0.15) is 5.75 Å². The van der Waals surface area contributed by atoms with E-state index in [0.29, 0.717) is 4.90 Å². The second-order valence-electron chi connectivity index (χ2n) is 3.71. The number of rotatable bonds is 2. The number of benzene rings is 2. The summed E-state index contributed by atoms with van der Waals surface area (Å²) < 4.78 is 12.1. The minimum atomic E-state index is -1.53. The van der Waals surface area contributed by atoms with Crippen LogP contribution >= 0.6 is 0 Å². The Kier molecular flexibility index (Phi) is 3.15. The number of aryl methyl sites for hydroxylation is 1. The van der Waals surface area contributed by atoms with Crippen molar-refractivity contribution in [2.45, 2.75) is 16.7 Å². The molecule has 17 heavy (non-hydrogen) atoms. The average molecular weight is 247 g/mol. The highest BCUT2D eigenvalue weighted by molar-refractivity contribution is 7.85. The lowest BCUT2D eigenvalue weighted by Gasteiger charge is -2.05. The third kappa shape index (κ3) is 2.47. The van der Waals surface area contributed by atoms with Crippen LogP contribution in [0.1, 0.15) is 5.56 Å². The third-order valence-electron chi connectivity index (χ3n) is 2.37. The van der Waals surface area contributed by atoms with Crippen LogP contribution in [0, 0.1) is 6.92 Å². The van der Waals surface area contributed by atoms with E-state index >= 15 is 0 Å². The summed E-state index contributed by atoms with van der Waals surface area (Å²) >= 11 is 0. The van der Waals surface area contributed by atoms with E-state index in [1.165, 1.54) is 18.2 Å². The molecule has 1 radical (unpaired) electrons. The third-order valence-corrected chi connectivity index (χ3v) is 3.79. The van der Waals surface area contributed by atoms with Crippen molar-refractivity contribution in [1.82, 2.24) is 0 Å². The molecule has 0 heterocycles. The van der Waals surface area contributed by atoms with Crippen molar-refractivity contribution in [2.24, 2.45) is 0 Å². The zero-order valence-corrected chi connectivity index (χ0v) is 10.0. The Morgan fingerprint density at radius 1 is 1.06 bits per heavy atom. The van der Waals surface area contributed by atoms with Crippen LogP contribution in [0.3, 0.4) is 0 Å². The molecule has 2 rings (SSSR count). The van der Waals surface area contributed by atoms with Gasteiger partial charge in [0.2, 0.25) is 0 Å². The molecule has 3 nitrogen and oxygen atoms in total. The molecule has 0 spiro atoms. The van der Waals surface area contributed by atoms with Crippen molar-refractivity contribution in [1.29, 1.82) is 0 Å². The van der Waals surface area contributed by atoms with Crippen molar-refractivity contribution in [3.63, 3.8) is 0 Å². The fourth-order valence-corrected chi connectivity index (χ4v) is 2.55. The molecule has 0 aromatic heterocycles. The van der Waals surface area contributed by atoms with Gasteiger partial charge in [0.15, 0.2) is 5.75 Å². The van der Waals surface area contributed by atoms with Crippen LogP contribution in [0.5, 0.6) is 11.5 Å². The molecule has 0 aliphatic carbocycles. The SMILES string of the molecule is Cc1ccc(S(=O)c2cc([O])ccc2O)cc1. The van der Waals surface area contributed by atoms with Gasteiger partial charge in [-0.15, -0.1) is 0 Å². The van der Waals surface area contributed by atoms with Gasteiger partial charge in [-0.2, -0.15) is 0 Å². The van der Waals surface area contributed by atoms with Gasteiger partial charge in [0, 0.05) is 11.0 Å². The molecule has 1 N–H and O–H groups in total. The molecule has 0 bridgehead atoms. The minimum Gasteiger partial charge on any atom is -0.507 e. The Morgan fingerprint density at radius 3 is 2.35 bits per heavy atom. The quantitative estimate of drug-likeness (QED) is 0.886. The van der Waals surface area contributed by atoms with Crippen LogP contribution in [0.2, 0.25) is 0 Å². The van der Waals surface area contributed by atoms with Crippen molar-refractivity contribution < 1.29 is 14.4 Å². The molecule has 2 aromatic carbocycles. The Morgan fingerprint density at radius 2 is 1.71 bits per heavy atom. The molecule has 0 saturated heterocycles. The molecular formula is C13H11O3S. The zero-order chi connectivity index (χ0) is 12.4. The van der Waals surface area contributed by atoms with Crippen molar-refractivity contribution in [3.05, 3.63) is 48.0 Å². The predicted octanol–water partition coefficient (Wildman–Crippen LogP) is 3.01. The lowest BCUT2D eigenvalue weighted by molar-refractivity contribution is 0.351. The van der Waals surface area contributed by atoms with E-state index < -0.39 is 10.8 Å². The highest BCUT2D eigenvalue weighted by atomic mass is 32.2. The summed E-state index contributed by atoms with van der Waals surface area (Å²) in [5, 5.41) is 20.8. The maximum atomic E-state index is 12.1. The largest absolute Gasteiger partial charge is 0.507 e. The monoisotopic (exact) mass is 247 g/mol. The van der Waals surface area contributed by atoms with Gasteiger partial charge in [0.25, 0.3) is 0 Å². The van der Waals surface area contributed by atoms with Gasteiger partial charge in [-0.1, -0.05) is 17.7 Å². The van der Waals surface area contributed by atoms with E-state index in [2.05, 4.69) is 0 Å². The highest BCUT2D eigenvalue weighted by Crippen LogP contribution is 2.28. The second-order valence-corrected chi connectivity index (χ2v) is 5.16. The van der Waals surface area contributed by atoms with E-state index in [0.717, 1.165) is 5.56 Å². The molecule has 1 unspecified atom stereocenters. The molecule has 0 amide bonds. The van der Waals surface area contributed by atoms with Crippen LogP contribution < -0.4 is 0 Å². The number of phenolic OH excluding ortho intramolecular Hbond substituents is 1. The maximum absolute atomic E-state index is 12.1. The normalized spacial score (nSPS) is 12.3. The first-order valence-electron chi connectivity index (χ1n) is 5.06. The molecule has 1 atom stereocenters. The minimum absolute atomic E-state index is 0.122. The molecule has 0 fully saturated rings. The van der Waals surface area contributed by atoms with Gasteiger partial charge >= 0.3 is 0 Å². The first-order valence-corrected chi connectivity index (χ1v) is 6.21. The molecule has 4 heteroatoms. The highest BCUT2D eigenvalue weighted by Gasteiger charge is 2.13. The fraction of sp³-hybridized carbons (Fsp3) is 0.0769. The standard InChI is InChI=1S/C13H11O3S/c1-9-2-5-11(6-3-9)17(16)13-8-10(14)4-7-12(13)15/h2-8,15H,1H3. The maximum Gasteiger partial charge on any atom is 0.180 e. The number of phenols is 1. The molecular weight excluding hydrogens is 236 g/mol. The van der Waals surface area contributed by atoms with Gasteiger partial charge < -0.3 is 5.11 Å². The fourth-order valence-electron chi connectivity index (χ4n) is 1.43. The molecule has 87 valence electrons. The van der Waals surface area contributed by atoms with Crippen LogP contribution in [0.4, 0.5) is 0 Å². The summed E-state index contributed by atoms with van der Waals surface area (Å²) in [4.78, 5) is 0.720. The van der Waals surface area contributed by atoms with Crippen molar-refractivity contribution in [3.8, 4) is 11.5 Å². The van der Waals surface area contributed by atoms with E-state index in [9.17, 15) is 14.4 Å². The summed E-state index contributed by atoms with van der Waals surface area (Å²) in [6.45, 7) is 1.93. The first-order chi connectivity index (χ1) is 8.08. The van der Waals surface area contributed by atoms with Crippen LogP contribution in [0.15, 0.2) is 52.3 Å². The van der Waals surface area contributed by atoms with Crippen LogP contribution in [-0.2, 0) is 15.9 Å². The zero-order valence-electron chi connectivity index (χ0n) is 9.21. The molecule has 0 aliphatic rings. The summed E-state index contributed by atoms with van der Waals surface area (Å²) in [7, 11) is -1.53. The van der Waals surface area contributed by atoms with E-state index in [-0.39, 0.29) is 16.4 Å². The van der Waals surface area contributed by atoms with Crippen LogP contribution in [0.25, 0.3) is 0 Å². The predicted molar refractivity (Wildman–Crippen MR) is 64.1 cm³/mol.